The molecule has 492 valence electrons. The molecule has 0 saturated heterocycles. The lowest BCUT2D eigenvalue weighted by Gasteiger charge is -2.49. The Kier molecular flexibility index (Phi) is 26.4. The van der Waals surface area contributed by atoms with Crippen molar-refractivity contribution < 1.29 is 37.5 Å². The van der Waals surface area contributed by atoms with Crippen molar-refractivity contribution in [2.45, 2.75) is 114 Å². The summed E-state index contributed by atoms with van der Waals surface area (Å²) in [6.07, 6.45) is 3.60. The van der Waals surface area contributed by atoms with Crippen LogP contribution < -0.4 is 31.4 Å². The molecule has 0 bridgehead atoms. The lowest BCUT2D eigenvalue weighted by molar-refractivity contribution is -0.125. The predicted molar refractivity (Wildman–Crippen MR) is 391 cm³/mol. The number of esters is 2. The molecule has 2 saturated carbocycles. The Hall–Kier alpha value is -7.31. The van der Waals surface area contributed by atoms with E-state index in [-0.39, 0.29) is 82.6 Å². The highest BCUT2D eigenvalue weighted by molar-refractivity contribution is 7.98. The number of amides is 2. The first kappa shape index (κ1) is 71.0. The van der Waals surface area contributed by atoms with Crippen LogP contribution in [0.5, 0.6) is 0 Å². The van der Waals surface area contributed by atoms with Gasteiger partial charge in [-0.15, -0.1) is 0 Å². The molecule has 8 aromatic carbocycles. The van der Waals surface area contributed by atoms with Gasteiger partial charge in [0, 0.05) is 36.1 Å². The second-order valence-electron chi connectivity index (χ2n) is 26.8. The fraction of sp³-hybridized carbons (Fsp3) is 0.350. The van der Waals surface area contributed by atoms with E-state index in [1.807, 2.05) is 96.3 Å². The van der Waals surface area contributed by atoms with E-state index >= 15 is 0 Å². The van der Waals surface area contributed by atoms with Crippen molar-refractivity contribution in [3.8, 4) is 0 Å². The summed E-state index contributed by atoms with van der Waals surface area (Å²) < 4.78 is 26.8. The Bertz CT molecular complexity index is 3250. The van der Waals surface area contributed by atoms with Gasteiger partial charge in [-0.3, -0.25) is 9.59 Å². The maximum absolute atomic E-state index is 13.6. The topological polar surface area (TPSA) is 129 Å². The van der Waals surface area contributed by atoms with Gasteiger partial charge < -0.3 is 29.0 Å². The van der Waals surface area contributed by atoms with Crippen LogP contribution in [0.15, 0.2) is 243 Å². The second-order valence-corrected chi connectivity index (χ2v) is 37.5. The summed E-state index contributed by atoms with van der Waals surface area (Å²) in [6.45, 7) is 15.4. The molecule has 2 N–H and O–H groups in total. The van der Waals surface area contributed by atoms with Gasteiger partial charge >= 0.3 is 11.9 Å². The Morgan fingerprint density at radius 2 is 0.681 bits per heavy atom. The normalized spacial score (nSPS) is 16.9. The Morgan fingerprint density at radius 3 is 0.947 bits per heavy atom. The van der Waals surface area contributed by atoms with Gasteiger partial charge in [-0.05, 0) is 116 Å². The van der Waals surface area contributed by atoms with Gasteiger partial charge in [-0.2, -0.15) is 23.5 Å². The molecule has 2 aliphatic carbocycles. The van der Waals surface area contributed by atoms with Crippen molar-refractivity contribution in [1.82, 2.24) is 10.6 Å². The molecule has 0 spiro atoms. The standard InChI is InChI=1S/2C40H47NO4SSi/c2*1-40(2,3)47(34-20-12-6-13-21-34,35-22-14-7-15-23-35)45-37(28-38(42)41-26-27-46-30-31-16-8-4-9-17-31)36-25-24-33(36)29-44-39(43)32-18-10-5-11-19-32/h2*4-23,33,36-37H,24-30H2,1-3H3,(H,41,42)/t33-,36+,37+;33-,36+,37-/m00/s1. The fourth-order valence-corrected chi connectivity index (χ4v) is 24.3. The van der Waals surface area contributed by atoms with Crippen molar-refractivity contribution in [2.24, 2.45) is 23.7 Å². The molecular weight excluding hydrogens is 1240 g/mol. The van der Waals surface area contributed by atoms with Crippen molar-refractivity contribution >= 4 is 84.7 Å². The summed E-state index contributed by atoms with van der Waals surface area (Å²) in [5.41, 5.74) is 3.67. The molecule has 2 aliphatic rings. The molecule has 0 unspecified atom stereocenters. The zero-order valence-electron chi connectivity index (χ0n) is 55.5. The molecule has 0 heterocycles. The van der Waals surface area contributed by atoms with Gasteiger partial charge in [-0.1, -0.05) is 260 Å². The maximum Gasteiger partial charge on any atom is 0.338 e. The van der Waals surface area contributed by atoms with E-state index < -0.39 is 16.6 Å². The lowest BCUT2D eigenvalue weighted by Crippen LogP contribution is -2.68. The lowest BCUT2D eigenvalue weighted by atomic mass is 9.70. The zero-order chi connectivity index (χ0) is 66.2. The van der Waals surface area contributed by atoms with Crippen molar-refractivity contribution in [2.75, 3.05) is 37.8 Å². The molecule has 6 atom stereocenters. The van der Waals surface area contributed by atoms with E-state index in [0.29, 0.717) is 37.4 Å². The first-order valence-electron chi connectivity index (χ1n) is 33.3. The van der Waals surface area contributed by atoms with Gasteiger partial charge in [-0.25, -0.2) is 9.59 Å². The number of hydrogen-bond donors (Lipinski definition) is 2. The number of carbonyl (C=O) groups is 4. The first-order valence-corrected chi connectivity index (χ1v) is 39.5. The number of benzene rings is 8. The minimum atomic E-state index is -2.92. The highest BCUT2D eigenvalue weighted by atomic mass is 32.2. The number of nitrogens with one attached hydrogen (secondary N) is 2. The molecule has 0 aromatic heterocycles. The predicted octanol–water partition coefficient (Wildman–Crippen LogP) is 14.5. The zero-order valence-corrected chi connectivity index (χ0v) is 59.2. The monoisotopic (exact) mass is 1330 g/mol. The molecule has 10 rings (SSSR count). The van der Waals surface area contributed by atoms with Crippen LogP contribution >= 0.6 is 23.5 Å². The fourth-order valence-electron chi connectivity index (χ4n) is 13.2. The van der Waals surface area contributed by atoms with Crippen LogP contribution in [0.4, 0.5) is 0 Å². The highest BCUT2D eigenvalue weighted by Crippen LogP contribution is 2.46. The third-order valence-corrected chi connectivity index (χ3v) is 30.6. The highest BCUT2D eigenvalue weighted by Gasteiger charge is 2.55. The van der Waals surface area contributed by atoms with Crippen LogP contribution in [0, 0.1) is 23.7 Å². The van der Waals surface area contributed by atoms with E-state index in [9.17, 15) is 19.2 Å². The van der Waals surface area contributed by atoms with Crippen molar-refractivity contribution in [3.05, 3.63) is 265 Å². The molecule has 10 nitrogen and oxygen atoms in total. The summed E-state index contributed by atoms with van der Waals surface area (Å²) in [4.78, 5) is 52.9. The third kappa shape index (κ3) is 19.0. The quantitative estimate of drug-likeness (QED) is 0.0255. The molecule has 2 amide bonds. The Balaban J connectivity index is 0.000000221. The van der Waals surface area contributed by atoms with E-state index in [4.69, 9.17) is 18.3 Å². The summed E-state index contributed by atoms with van der Waals surface area (Å²) in [5.74, 6) is 3.32. The summed E-state index contributed by atoms with van der Waals surface area (Å²) in [7, 11) is -5.85. The Labute approximate surface area is 569 Å². The van der Waals surface area contributed by atoms with E-state index in [2.05, 4.69) is 198 Å². The molecule has 2 fully saturated rings. The molecule has 0 radical (unpaired) electrons. The van der Waals surface area contributed by atoms with Crippen LogP contribution in [0.2, 0.25) is 10.1 Å². The van der Waals surface area contributed by atoms with E-state index in [1.54, 1.807) is 24.3 Å². The van der Waals surface area contributed by atoms with Crippen LogP contribution in [0.1, 0.15) is 112 Å². The smallest absolute Gasteiger partial charge is 0.338 e. The average Bonchev–Trinajstić information content (AvgIpc) is 0.759. The van der Waals surface area contributed by atoms with Gasteiger partial charge in [0.2, 0.25) is 11.8 Å². The molecule has 0 aliphatic heterocycles. The number of hydrogen-bond acceptors (Lipinski definition) is 10. The van der Waals surface area contributed by atoms with Gasteiger partial charge in [0.1, 0.15) is 0 Å². The molecule has 94 heavy (non-hydrogen) atoms. The van der Waals surface area contributed by atoms with Gasteiger partial charge in [0.25, 0.3) is 16.6 Å². The Morgan fingerprint density at radius 1 is 0.404 bits per heavy atom. The third-order valence-electron chi connectivity index (χ3n) is 18.4. The minimum absolute atomic E-state index is 0.000161. The van der Waals surface area contributed by atoms with Crippen molar-refractivity contribution in [1.29, 1.82) is 0 Å². The van der Waals surface area contributed by atoms with Crippen LogP contribution in [-0.4, -0.2) is 90.4 Å². The summed E-state index contributed by atoms with van der Waals surface area (Å²) >= 11 is 3.63. The van der Waals surface area contributed by atoms with Crippen LogP contribution in [0.3, 0.4) is 0 Å². The number of thioether (sulfide) groups is 2. The van der Waals surface area contributed by atoms with E-state index in [1.165, 1.54) is 31.9 Å². The largest absolute Gasteiger partial charge is 0.462 e. The van der Waals surface area contributed by atoms with Crippen LogP contribution in [-0.2, 0) is 39.4 Å². The maximum atomic E-state index is 13.6. The van der Waals surface area contributed by atoms with Crippen molar-refractivity contribution in [3.63, 3.8) is 0 Å². The minimum Gasteiger partial charge on any atom is -0.462 e. The van der Waals surface area contributed by atoms with Gasteiger partial charge in [0.05, 0.1) is 49.4 Å². The van der Waals surface area contributed by atoms with Crippen LogP contribution in [0.25, 0.3) is 0 Å². The number of rotatable bonds is 30. The second kappa shape index (κ2) is 34.9. The average molecular weight is 1330 g/mol. The van der Waals surface area contributed by atoms with Gasteiger partial charge in [0.15, 0.2) is 0 Å². The SMILES string of the molecule is CC(C)(C)[Si](O[C@@H](CC(=O)NCCSCc1ccccc1)[C@@H]1CC[C@H]1COC(=O)c1ccccc1)(c1ccccc1)c1ccccc1.CC(C)(C)[Si](O[C@H](CC(=O)NCCSCc1ccccc1)[C@@H]1CC[C@H]1COC(=O)c1ccccc1)(c1ccccc1)c1ccccc1. The summed E-state index contributed by atoms with van der Waals surface area (Å²) in [5, 5.41) is 10.7. The molecule has 8 aromatic rings. The molecular formula is C80H94N2O8S2Si2. The first-order chi connectivity index (χ1) is 45.6. The molecule has 14 heteroatoms. The van der Waals surface area contributed by atoms with E-state index in [0.717, 1.165) is 48.7 Å². The number of ether oxygens (including phenoxy) is 2. The summed E-state index contributed by atoms with van der Waals surface area (Å²) in [6, 6.07) is 81.4. The number of carbonyl (C=O) groups excluding carboxylic acids is 4.